The van der Waals surface area contributed by atoms with Gasteiger partial charge in [0.1, 0.15) is 30.2 Å². The summed E-state index contributed by atoms with van der Waals surface area (Å²) in [5.74, 6) is 1.99. The van der Waals surface area contributed by atoms with Crippen LogP contribution < -0.4 is 14.8 Å². The Morgan fingerprint density at radius 1 is 1.29 bits per heavy atom. The highest BCUT2D eigenvalue weighted by Gasteiger charge is 2.22. The Morgan fingerprint density at radius 2 is 2.11 bits per heavy atom. The van der Waals surface area contributed by atoms with E-state index in [1.54, 1.807) is 6.20 Å². The fraction of sp³-hybridized carbons (Fsp3) is 0.348. The van der Waals surface area contributed by atoms with E-state index < -0.39 is 0 Å². The largest absolute Gasteiger partial charge is 0.493 e. The molecule has 0 radical (unpaired) electrons. The summed E-state index contributed by atoms with van der Waals surface area (Å²) >= 11 is 0. The second-order valence-corrected chi connectivity index (χ2v) is 7.42. The summed E-state index contributed by atoms with van der Waals surface area (Å²) in [5, 5.41) is 2.34. The van der Waals surface area contributed by atoms with Crippen LogP contribution in [-0.4, -0.2) is 22.3 Å². The number of hydrogen-bond donors (Lipinski definition) is 1. The van der Waals surface area contributed by atoms with Crippen molar-refractivity contribution in [3.8, 4) is 17.2 Å². The first-order chi connectivity index (χ1) is 13.6. The van der Waals surface area contributed by atoms with Gasteiger partial charge in [-0.05, 0) is 45.0 Å². The van der Waals surface area contributed by atoms with Gasteiger partial charge < -0.3 is 19.4 Å². The van der Waals surface area contributed by atoms with Crippen molar-refractivity contribution in [1.29, 1.82) is 0 Å². The number of quaternary nitrogens is 1. The van der Waals surface area contributed by atoms with Crippen molar-refractivity contribution in [1.82, 2.24) is 9.55 Å². The summed E-state index contributed by atoms with van der Waals surface area (Å²) in [7, 11) is 0. The van der Waals surface area contributed by atoms with Crippen molar-refractivity contribution in [2.75, 3.05) is 6.61 Å². The molecular formula is C23H28N3O2+. The number of nitrogens with two attached hydrogens (primary N) is 1. The van der Waals surface area contributed by atoms with Gasteiger partial charge in [0, 0.05) is 35.6 Å². The van der Waals surface area contributed by atoms with E-state index in [1.807, 2.05) is 24.0 Å². The van der Waals surface area contributed by atoms with E-state index in [9.17, 15) is 0 Å². The van der Waals surface area contributed by atoms with E-state index in [2.05, 4.69) is 60.5 Å². The van der Waals surface area contributed by atoms with Crippen molar-refractivity contribution in [3.63, 3.8) is 0 Å². The molecule has 146 valence electrons. The van der Waals surface area contributed by atoms with Gasteiger partial charge in [-0.3, -0.25) is 0 Å². The summed E-state index contributed by atoms with van der Waals surface area (Å²) in [6, 6.07) is 13.3. The Bertz CT molecular complexity index is 920. The molecule has 0 aliphatic carbocycles. The van der Waals surface area contributed by atoms with Crippen LogP contribution in [0.2, 0.25) is 0 Å². The van der Waals surface area contributed by atoms with Crippen molar-refractivity contribution < 1.29 is 14.8 Å². The number of fused-ring (bicyclic) bond motifs is 1. The maximum absolute atomic E-state index is 5.94. The monoisotopic (exact) mass is 378 g/mol. The van der Waals surface area contributed by atoms with Crippen LogP contribution in [0, 0.1) is 0 Å². The van der Waals surface area contributed by atoms with E-state index in [0.717, 1.165) is 30.2 Å². The SMILES string of the molecule is CCOc1cc2c(cc1C[NH2+][C@H](C)c1ccc(-n3ccnc3)cc1)O[C@@H](C)C2. The van der Waals surface area contributed by atoms with E-state index >= 15 is 0 Å². The minimum atomic E-state index is 0.247. The number of rotatable bonds is 7. The fourth-order valence-electron chi connectivity index (χ4n) is 3.73. The third-order valence-electron chi connectivity index (χ3n) is 5.29. The van der Waals surface area contributed by atoms with E-state index in [4.69, 9.17) is 9.47 Å². The molecule has 5 nitrogen and oxygen atoms in total. The molecule has 0 saturated heterocycles. The van der Waals surface area contributed by atoms with Gasteiger partial charge in [-0.2, -0.15) is 0 Å². The lowest BCUT2D eigenvalue weighted by Crippen LogP contribution is -2.83. The smallest absolute Gasteiger partial charge is 0.128 e. The van der Waals surface area contributed by atoms with Gasteiger partial charge in [0.05, 0.1) is 18.5 Å². The molecule has 1 aliphatic heterocycles. The number of ether oxygens (including phenoxy) is 2. The third-order valence-corrected chi connectivity index (χ3v) is 5.29. The highest BCUT2D eigenvalue weighted by atomic mass is 16.5. The predicted octanol–water partition coefficient (Wildman–Crippen LogP) is 3.42. The minimum Gasteiger partial charge on any atom is -0.493 e. The number of aromatic nitrogens is 2. The molecule has 2 aromatic carbocycles. The average molecular weight is 378 g/mol. The van der Waals surface area contributed by atoms with Crippen molar-refractivity contribution in [2.45, 2.75) is 45.9 Å². The molecule has 1 aliphatic rings. The van der Waals surface area contributed by atoms with Gasteiger partial charge in [0.25, 0.3) is 0 Å². The molecule has 5 heteroatoms. The van der Waals surface area contributed by atoms with Crippen LogP contribution in [0.3, 0.4) is 0 Å². The fourth-order valence-corrected chi connectivity index (χ4v) is 3.73. The van der Waals surface area contributed by atoms with Crippen LogP contribution in [0.1, 0.15) is 43.5 Å². The molecule has 0 saturated carbocycles. The lowest BCUT2D eigenvalue weighted by atomic mass is 10.0. The molecule has 28 heavy (non-hydrogen) atoms. The zero-order chi connectivity index (χ0) is 19.5. The molecular weight excluding hydrogens is 350 g/mol. The van der Waals surface area contributed by atoms with Crippen LogP contribution in [0.25, 0.3) is 5.69 Å². The van der Waals surface area contributed by atoms with Crippen LogP contribution in [-0.2, 0) is 13.0 Å². The van der Waals surface area contributed by atoms with Gasteiger partial charge in [-0.15, -0.1) is 0 Å². The highest BCUT2D eigenvalue weighted by molar-refractivity contribution is 5.48. The topological polar surface area (TPSA) is 52.9 Å². The molecule has 2 N–H and O–H groups in total. The molecule has 4 rings (SSSR count). The van der Waals surface area contributed by atoms with E-state index in [-0.39, 0.29) is 6.10 Å². The standard InChI is InChI=1S/C23H27N3O2/c1-4-27-22-12-19-11-16(2)28-23(19)13-20(22)14-25-17(3)18-5-7-21(8-6-18)26-10-9-24-15-26/h5-10,12-13,15-17,25H,4,11,14H2,1-3H3/p+1/t16-,17+/m0/s1. The zero-order valence-electron chi connectivity index (χ0n) is 16.8. The second-order valence-electron chi connectivity index (χ2n) is 7.42. The van der Waals surface area contributed by atoms with E-state index in [0.29, 0.717) is 12.6 Å². The quantitative estimate of drug-likeness (QED) is 0.685. The molecule has 2 heterocycles. The Balaban J connectivity index is 1.46. The summed E-state index contributed by atoms with van der Waals surface area (Å²) in [5.41, 5.74) is 4.87. The maximum atomic E-state index is 5.94. The minimum absolute atomic E-state index is 0.247. The number of imidazole rings is 1. The molecule has 0 fully saturated rings. The first-order valence-corrected chi connectivity index (χ1v) is 10.0. The second kappa shape index (κ2) is 8.07. The summed E-state index contributed by atoms with van der Waals surface area (Å²) in [6.45, 7) is 7.91. The Kier molecular flexibility index (Phi) is 5.35. The van der Waals surface area contributed by atoms with Crippen LogP contribution >= 0.6 is 0 Å². The van der Waals surface area contributed by atoms with Crippen molar-refractivity contribution >= 4 is 0 Å². The number of hydrogen-bond acceptors (Lipinski definition) is 3. The first kappa shape index (κ1) is 18.6. The Morgan fingerprint density at radius 3 is 2.82 bits per heavy atom. The summed E-state index contributed by atoms with van der Waals surface area (Å²) in [4.78, 5) is 4.11. The zero-order valence-corrected chi connectivity index (χ0v) is 16.8. The third kappa shape index (κ3) is 3.90. The molecule has 1 aromatic heterocycles. The molecule has 0 spiro atoms. The molecule has 0 unspecified atom stereocenters. The van der Waals surface area contributed by atoms with Gasteiger partial charge in [0.15, 0.2) is 0 Å². The number of nitrogens with zero attached hydrogens (tertiary/aromatic N) is 2. The van der Waals surface area contributed by atoms with Crippen LogP contribution in [0.15, 0.2) is 55.1 Å². The van der Waals surface area contributed by atoms with Crippen LogP contribution in [0.5, 0.6) is 11.5 Å². The van der Waals surface area contributed by atoms with Crippen molar-refractivity contribution in [3.05, 3.63) is 71.8 Å². The molecule has 2 atom stereocenters. The first-order valence-electron chi connectivity index (χ1n) is 10.0. The molecule has 0 amide bonds. The maximum Gasteiger partial charge on any atom is 0.128 e. The van der Waals surface area contributed by atoms with Gasteiger partial charge >= 0.3 is 0 Å². The van der Waals surface area contributed by atoms with Crippen molar-refractivity contribution in [2.24, 2.45) is 0 Å². The van der Waals surface area contributed by atoms with Gasteiger partial charge in [0.2, 0.25) is 0 Å². The Labute approximate surface area is 166 Å². The van der Waals surface area contributed by atoms with Gasteiger partial charge in [-0.1, -0.05) is 12.1 Å². The predicted molar refractivity (Wildman–Crippen MR) is 109 cm³/mol. The van der Waals surface area contributed by atoms with Crippen LogP contribution in [0.4, 0.5) is 0 Å². The molecule has 3 aromatic rings. The number of benzene rings is 2. The molecule has 0 bridgehead atoms. The highest BCUT2D eigenvalue weighted by Crippen LogP contribution is 2.34. The van der Waals surface area contributed by atoms with Gasteiger partial charge in [-0.25, -0.2) is 4.98 Å². The lowest BCUT2D eigenvalue weighted by Gasteiger charge is -2.15. The summed E-state index contributed by atoms with van der Waals surface area (Å²) in [6.07, 6.45) is 6.77. The normalized spacial score (nSPS) is 16.5. The Hall–Kier alpha value is -2.79. The lowest BCUT2D eigenvalue weighted by molar-refractivity contribution is -0.708. The van der Waals surface area contributed by atoms with E-state index in [1.165, 1.54) is 16.7 Å². The average Bonchev–Trinajstić information content (AvgIpc) is 3.35. The summed E-state index contributed by atoms with van der Waals surface area (Å²) < 4.78 is 13.9.